The van der Waals surface area contributed by atoms with Crippen LogP contribution in [-0.4, -0.2) is 31.2 Å². The van der Waals surface area contributed by atoms with Crippen molar-refractivity contribution in [1.29, 1.82) is 0 Å². The Morgan fingerprint density at radius 3 is 2.61 bits per heavy atom. The summed E-state index contributed by atoms with van der Waals surface area (Å²) in [5.74, 6) is 0.682. The van der Waals surface area contributed by atoms with Gasteiger partial charge in [0.15, 0.2) is 0 Å². The standard InChI is InChI=1S/C11H16N2.C3H6O2/c1-9-2-3-11(13-8-9)10-4-6-12-7-5-10;1-2-5-3-4/h2-3,8,10,12H,4-7H2,1H3;3H,2H2,1H3. The number of carbonyl (C=O) groups is 1. The second-order valence-electron chi connectivity index (χ2n) is 4.34. The lowest BCUT2D eigenvalue weighted by atomic mass is 9.94. The van der Waals surface area contributed by atoms with Crippen LogP contribution in [0.25, 0.3) is 0 Å². The summed E-state index contributed by atoms with van der Waals surface area (Å²) < 4.78 is 4.15. The van der Waals surface area contributed by atoms with E-state index in [9.17, 15) is 4.79 Å². The van der Waals surface area contributed by atoms with E-state index in [-0.39, 0.29) is 0 Å². The monoisotopic (exact) mass is 250 g/mol. The van der Waals surface area contributed by atoms with Gasteiger partial charge in [-0.2, -0.15) is 0 Å². The molecule has 1 fully saturated rings. The fraction of sp³-hybridized carbons (Fsp3) is 0.571. The van der Waals surface area contributed by atoms with Crippen molar-refractivity contribution >= 4 is 6.47 Å². The van der Waals surface area contributed by atoms with Crippen molar-refractivity contribution in [3.05, 3.63) is 29.6 Å². The molecule has 0 saturated carbocycles. The summed E-state index contributed by atoms with van der Waals surface area (Å²) in [6.45, 7) is 7.03. The highest BCUT2D eigenvalue weighted by Gasteiger charge is 2.15. The quantitative estimate of drug-likeness (QED) is 0.834. The second-order valence-corrected chi connectivity index (χ2v) is 4.34. The van der Waals surface area contributed by atoms with Gasteiger partial charge >= 0.3 is 0 Å². The van der Waals surface area contributed by atoms with E-state index in [0.29, 0.717) is 19.0 Å². The molecule has 0 amide bonds. The zero-order valence-corrected chi connectivity index (χ0v) is 11.2. The number of carbonyl (C=O) groups excluding carboxylic acids is 1. The summed E-state index contributed by atoms with van der Waals surface area (Å²) in [6.07, 6.45) is 4.43. The van der Waals surface area contributed by atoms with Gasteiger partial charge in [-0.15, -0.1) is 0 Å². The molecule has 1 aromatic heterocycles. The van der Waals surface area contributed by atoms with Gasteiger partial charge in [-0.1, -0.05) is 6.07 Å². The number of aryl methyl sites for hydroxylation is 1. The van der Waals surface area contributed by atoms with Crippen LogP contribution in [0.15, 0.2) is 18.3 Å². The first-order chi connectivity index (χ1) is 8.77. The van der Waals surface area contributed by atoms with Crippen molar-refractivity contribution in [2.24, 2.45) is 0 Å². The lowest BCUT2D eigenvalue weighted by Crippen LogP contribution is -2.26. The highest BCUT2D eigenvalue weighted by molar-refractivity contribution is 5.36. The molecule has 0 unspecified atom stereocenters. The van der Waals surface area contributed by atoms with E-state index in [1.165, 1.54) is 24.1 Å². The number of ether oxygens (including phenoxy) is 1. The van der Waals surface area contributed by atoms with Gasteiger partial charge in [0.05, 0.1) is 6.61 Å². The number of rotatable bonds is 3. The van der Waals surface area contributed by atoms with E-state index in [0.717, 1.165) is 13.1 Å². The zero-order chi connectivity index (χ0) is 13.2. The van der Waals surface area contributed by atoms with Gasteiger partial charge in [0.25, 0.3) is 6.47 Å². The van der Waals surface area contributed by atoms with Gasteiger partial charge in [-0.05, 0) is 51.4 Å². The Balaban J connectivity index is 0.000000280. The molecule has 2 heterocycles. The number of hydrogen-bond acceptors (Lipinski definition) is 4. The van der Waals surface area contributed by atoms with Crippen LogP contribution in [0.1, 0.15) is 36.9 Å². The maximum Gasteiger partial charge on any atom is 0.293 e. The first kappa shape index (κ1) is 14.6. The number of piperidine rings is 1. The van der Waals surface area contributed by atoms with E-state index >= 15 is 0 Å². The van der Waals surface area contributed by atoms with Crippen LogP contribution in [0.2, 0.25) is 0 Å². The molecule has 1 saturated heterocycles. The predicted octanol–water partition coefficient (Wildman–Crippen LogP) is 2.04. The minimum atomic E-state index is 0.431. The lowest BCUT2D eigenvalue weighted by Gasteiger charge is -2.21. The Hall–Kier alpha value is -1.42. The van der Waals surface area contributed by atoms with Crippen molar-refractivity contribution in [1.82, 2.24) is 10.3 Å². The Morgan fingerprint density at radius 1 is 1.44 bits per heavy atom. The van der Waals surface area contributed by atoms with Crippen LogP contribution in [0, 0.1) is 6.92 Å². The van der Waals surface area contributed by atoms with Crippen LogP contribution in [-0.2, 0) is 9.53 Å². The van der Waals surface area contributed by atoms with Gasteiger partial charge in [0.1, 0.15) is 0 Å². The number of nitrogens with one attached hydrogen (secondary N) is 1. The van der Waals surface area contributed by atoms with E-state index < -0.39 is 0 Å². The highest BCUT2D eigenvalue weighted by Crippen LogP contribution is 2.22. The normalized spacial score (nSPS) is 15.4. The van der Waals surface area contributed by atoms with Gasteiger partial charge in [0, 0.05) is 17.8 Å². The first-order valence-electron chi connectivity index (χ1n) is 6.46. The molecular weight excluding hydrogens is 228 g/mol. The number of pyridine rings is 1. The Labute approximate surface area is 109 Å². The summed E-state index contributed by atoms with van der Waals surface area (Å²) in [6, 6.07) is 4.33. The molecule has 0 spiro atoms. The van der Waals surface area contributed by atoms with E-state index in [2.05, 4.69) is 34.1 Å². The number of aromatic nitrogens is 1. The van der Waals surface area contributed by atoms with Crippen molar-refractivity contribution in [3.8, 4) is 0 Å². The lowest BCUT2D eigenvalue weighted by molar-refractivity contribution is -0.128. The maximum atomic E-state index is 9.18. The molecule has 0 bridgehead atoms. The molecule has 4 heteroatoms. The second kappa shape index (κ2) is 8.64. The third kappa shape index (κ3) is 5.27. The van der Waals surface area contributed by atoms with Crippen molar-refractivity contribution in [3.63, 3.8) is 0 Å². The highest BCUT2D eigenvalue weighted by atomic mass is 16.5. The summed E-state index contributed by atoms with van der Waals surface area (Å²) in [5, 5.41) is 3.37. The predicted molar refractivity (Wildman–Crippen MR) is 71.5 cm³/mol. The van der Waals surface area contributed by atoms with Crippen molar-refractivity contribution < 1.29 is 9.53 Å². The molecule has 1 aromatic rings. The van der Waals surface area contributed by atoms with E-state index in [1.807, 2.05) is 6.20 Å². The fourth-order valence-corrected chi connectivity index (χ4v) is 1.91. The Bertz CT molecular complexity index is 332. The zero-order valence-electron chi connectivity index (χ0n) is 11.2. The van der Waals surface area contributed by atoms with Gasteiger partial charge in [0.2, 0.25) is 0 Å². The number of hydrogen-bond donors (Lipinski definition) is 1. The molecule has 0 aliphatic carbocycles. The summed E-state index contributed by atoms with van der Waals surface area (Å²) in [5.41, 5.74) is 2.52. The summed E-state index contributed by atoms with van der Waals surface area (Å²) in [4.78, 5) is 13.7. The van der Waals surface area contributed by atoms with Crippen LogP contribution >= 0.6 is 0 Å². The Morgan fingerprint density at radius 2 is 2.17 bits per heavy atom. The molecule has 4 nitrogen and oxygen atoms in total. The SMILES string of the molecule is CCOC=O.Cc1ccc(C2CCNCC2)nc1. The molecule has 18 heavy (non-hydrogen) atoms. The largest absolute Gasteiger partial charge is 0.468 e. The van der Waals surface area contributed by atoms with E-state index in [4.69, 9.17) is 0 Å². The minimum Gasteiger partial charge on any atom is -0.468 e. The van der Waals surface area contributed by atoms with Crippen molar-refractivity contribution in [2.45, 2.75) is 32.6 Å². The molecule has 0 aromatic carbocycles. The maximum absolute atomic E-state index is 9.18. The summed E-state index contributed by atoms with van der Waals surface area (Å²) in [7, 11) is 0. The molecule has 0 atom stereocenters. The molecular formula is C14H22N2O2. The Kier molecular flexibility index (Phi) is 7.03. The molecule has 2 rings (SSSR count). The van der Waals surface area contributed by atoms with Gasteiger partial charge < -0.3 is 10.1 Å². The molecule has 1 aliphatic heterocycles. The smallest absolute Gasteiger partial charge is 0.293 e. The van der Waals surface area contributed by atoms with E-state index in [1.54, 1.807) is 6.92 Å². The topological polar surface area (TPSA) is 51.2 Å². The molecule has 1 N–H and O–H groups in total. The number of nitrogens with zero attached hydrogens (tertiary/aromatic N) is 1. The molecule has 1 aliphatic rings. The van der Waals surface area contributed by atoms with Crippen LogP contribution < -0.4 is 5.32 Å². The first-order valence-corrected chi connectivity index (χ1v) is 6.46. The average Bonchev–Trinajstić information content (AvgIpc) is 2.42. The third-order valence-corrected chi connectivity index (χ3v) is 2.93. The van der Waals surface area contributed by atoms with Gasteiger partial charge in [-0.3, -0.25) is 9.78 Å². The van der Waals surface area contributed by atoms with Crippen molar-refractivity contribution in [2.75, 3.05) is 19.7 Å². The van der Waals surface area contributed by atoms with Crippen LogP contribution in [0.3, 0.4) is 0 Å². The third-order valence-electron chi connectivity index (χ3n) is 2.93. The average molecular weight is 250 g/mol. The van der Waals surface area contributed by atoms with Crippen LogP contribution in [0.5, 0.6) is 0 Å². The summed E-state index contributed by atoms with van der Waals surface area (Å²) >= 11 is 0. The fourth-order valence-electron chi connectivity index (χ4n) is 1.91. The van der Waals surface area contributed by atoms with Crippen LogP contribution in [0.4, 0.5) is 0 Å². The molecule has 0 radical (unpaired) electrons. The van der Waals surface area contributed by atoms with Gasteiger partial charge in [-0.25, -0.2) is 0 Å². The minimum absolute atomic E-state index is 0.431. The molecule has 100 valence electrons.